The molecular formula is C15H23NO2. The summed E-state index contributed by atoms with van der Waals surface area (Å²) in [4.78, 5) is 0. The van der Waals surface area contributed by atoms with Gasteiger partial charge in [0.2, 0.25) is 0 Å². The van der Waals surface area contributed by atoms with Crippen LogP contribution in [0.4, 0.5) is 5.69 Å². The van der Waals surface area contributed by atoms with Crippen molar-refractivity contribution in [3.05, 3.63) is 24.3 Å². The molecule has 0 aliphatic heterocycles. The van der Waals surface area contributed by atoms with Crippen molar-refractivity contribution in [2.75, 3.05) is 25.6 Å². The zero-order chi connectivity index (χ0) is 12.8. The van der Waals surface area contributed by atoms with Gasteiger partial charge in [-0.2, -0.15) is 0 Å². The zero-order valence-electron chi connectivity index (χ0n) is 11.1. The standard InChI is InChI=1S/C15H23NO2/c1-18-14-7-5-13(6-8-14)16-11-15(12-17)9-3-2-4-10-15/h5-8,16-17H,2-4,9-12H2,1H3. The average molecular weight is 249 g/mol. The highest BCUT2D eigenvalue weighted by molar-refractivity contribution is 5.46. The fourth-order valence-corrected chi connectivity index (χ4v) is 2.69. The van der Waals surface area contributed by atoms with Gasteiger partial charge in [-0.25, -0.2) is 0 Å². The highest BCUT2D eigenvalue weighted by Gasteiger charge is 2.30. The van der Waals surface area contributed by atoms with Crippen molar-refractivity contribution >= 4 is 5.69 Å². The monoisotopic (exact) mass is 249 g/mol. The van der Waals surface area contributed by atoms with Crippen molar-refractivity contribution < 1.29 is 9.84 Å². The third-order valence-electron chi connectivity index (χ3n) is 4.01. The molecule has 1 aromatic rings. The van der Waals surface area contributed by atoms with E-state index in [-0.39, 0.29) is 12.0 Å². The second-order valence-corrected chi connectivity index (χ2v) is 5.30. The van der Waals surface area contributed by atoms with Crippen LogP contribution in [0.1, 0.15) is 32.1 Å². The van der Waals surface area contributed by atoms with E-state index >= 15 is 0 Å². The Morgan fingerprint density at radius 2 is 1.83 bits per heavy atom. The minimum Gasteiger partial charge on any atom is -0.497 e. The summed E-state index contributed by atoms with van der Waals surface area (Å²) in [6.07, 6.45) is 6.05. The molecule has 2 rings (SSSR count). The highest BCUT2D eigenvalue weighted by atomic mass is 16.5. The normalized spacial score (nSPS) is 18.3. The highest BCUT2D eigenvalue weighted by Crippen LogP contribution is 2.36. The molecule has 0 spiro atoms. The Hall–Kier alpha value is -1.22. The molecule has 0 amide bonds. The molecule has 0 unspecified atom stereocenters. The summed E-state index contributed by atoms with van der Waals surface area (Å²) >= 11 is 0. The van der Waals surface area contributed by atoms with E-state index in [0.29, 0.717) is 0 Å². The molecule has 18 heavy (non-hydrogen) atoms. The van der Waals surface area contributed by atoms with Gasteiger partial charge in [-0.15, -0.1) is 0 Å². The summed E-state index contributed by atoms with van der Waals surface area (Å²) in [5.74, 6) is 0.870. The summed E-state index contributed by atoms with van der Waals surface area (Å²) in [5.41, 5.74) is 1.17. The quantitative estimate of drug-likeness (QED) is 0.842. The largest absolute Gasteiger partial charge is 0.497 e. The number of anilines is 1. The third-order valence-corrected chi connectivity index (χ3v) is 4.01. The Kier molecular flexibility index (Phi) is 4.48. The molecule has 0 atom stereocenters. The summed E-state index contributed by atoms with van der Waals surface area (Å²) in [6.45, 7) is 1.14. The van der Waals surface area contributed by atoms with Gasteiger partial charge in [0.15, 0.2) is 0 Å². The van der Waals surface area contributed by atoms with E-state index in [1.165, 1.54) is 19.3 Å². The van der Waals surface area contributed by atoms with Crippen LogP contribution in [-0.2, 0) is 0 Å². The maximum Gasteiger partial charge on any atom is 0.119 e. The van der Waals surface area contributed by atoms with Crippen LogP contribution in [0.3, 0.4) is 0 Å². The van der Waals surface area contributed by atoms with Gasteiger partial charge >= 0.3 is 0 Å². The van der Waals surface area contributed by atoms with E-state index < -0.39 is 0 Å². The molecule has 1 fully saturated rings. The molecule has 3 heteroatoms. The number of methoxy groups -OCH3 is 1. The van der Waals surface area contributed by atoms with Crippen molar-refractivity contribution in [3.8, 4) is 5.75 Å². The number of aliphatic hydroxyl groups is 1. The molecular weight excluding hydrogens is 226 g/mol. The number of hydrogen-bond acceptors (Lipinski definition) is 3. The van der Waals surface area contributed by atoms with E-state index in [0.717, 1.165) is 30.8 Å². The molecule has 0 aromatic heterocycles. The Bertz CT molecular complexity index is 355. The van der Waals surface area contributed by atoms with E-state index in [1.54, 1.807) is 7.11 Å². The lowest BCUT2D eigenvalue weighted by Gasteiger charge is -2.36. The van der Waals surface area contributed by atoms with Crippen molar-refractivity contribution in [1.29, 1.82) is 0 Å². The summed E-state index contributed by atoms with van der Waals surface area (Å²) in [7, 11) is 1.67. The minimum absolute atomic E-state index is 0.0815. The van der Waals surface area contributed by atoms with Crippen LogP contribution in [-0.4, -0.2) is 25.4 Å². The fourth-order valence-electron chi connectivity index (χ4n) is 2.69. The van der Waals surface area contributed by atoms with Gasteiger partial charge in [-0.3, -0.25) is 0 Å². The molecule has 3 nitrogen and oxygen atoms in total. The van der Waals surface area contributed by atoms with Crippen LogP contribution >= 0.6 is 0 Å². The molecule has 1 aliphatic rings. The van der Waals surface area contributed by atoms with Gasteiger partial charge in [0.1, 0.15) is 5.75 Å². The number of rotatable bonds is 5. The molecule has 0 heterocycles. The predicted molar refractivity (Wildman–Crippen MR) is 74.1 cm³/mol. The van der Waals surface area contributed by atoms with Crippen LogP contribution in [0.15, 0.2) is 24.3 Å². The summed E-state index contributed by atoms with van der Waals surface area (Å²) < 4.78 is 5.14. The van der Waals surface area contributed by atoms with Crippen LogP contribution < -0.4 is 10.1 Å². The maximum atomic E-state index is 9.64. The van der Waals surface area contributed by atoms with Crippen LogP contribution in [0.25, 0.3) is 0 Å². The first kappa shape index (κ1) is 13.2. The summed E-state index contributed by atoms with van der Waals surface area (Å²) in [5, 5.41) is 13.1. The zero-order valence-corrected chi connectivity index (χ0v) is 11.1. The molecule has 2 N–H and O–H groups in total. The lowest BCUT2D eigenvalue weighted by molar-refractivity contribution is 0.0944. The smallest absolute Gasteiger partial charge is 0.119 e. The maximum absolute atomic E-state index is 9.64. The van der Waals surface area contributed by atoms with E-state index in [2.05, 4.69) is 5.32 Å². The van der Waals surface area contributed by atoms with Crippen LogP contribution in [0, 0.1) is 5.41 Å². The number of aliphatic hydroxyl groups excluding tert-OH is 1. The van der Waals surface area contributed by atoms with E-state index in [1.807, 2.05) is 24.3 Å². The number of hydrogen-bond donors (Lipinski definition) is 2. The SMILES string of the molecule is COc1ccc(NCC2(CO)CCCCC2)cc1. The lowest BCUT2D eigenvalue weighted by atomic mass is 9.74. The van der Waals surface area contributed by atoms with Gasteiger partial charge in [0.25, 0.3) is 0 Å². The van der Waals surface area contributed by atoms with Gasteiger partial charge < -0.3 is 15.2 Å². The lowest BCUT2D eigenvalue weighted by Crippen LogP contribution is -2.35. The van der Waals surface area contributed by atoms with Crippen LogP contribution in [0.2, 0.25) is 0 Å². The second kappa shape index (κ2) is 6.10. The van der Waals surface area contributed by atoms with Crippen molar-refractivity contribution in [3.63, 3.8) is 0 Å². The molecule has 100 valence electrons. The van der Waals surface area contributed by atoms with Gasteiger partial charge in [-0.05, 0) is 37.1 Å². The van der Waals surface area contributed by atoms with Crippen molar-refractivity contribution in [1.82, 2.24) is 0 Å². The van der Waals surface area contributed by atoms with Crippen molar-refractivity contribution in [2.45, 2.75) is 32.1 Å². The third kappa shape index (κ3) is 3.16. The Morgan fingerprint density at radius 3 is 2.39 bits per heavy atom. The average Bonchev–Trinajstić information content (AvgIpc) is 2.47. The Morgan fingerprint density at radius 1 is 1.17 bits per heavy atom. The molecule has 0 saturated heterocycles. The van der Waals surface area contributed by atoms with Crippen molar-refractivity contribution in [2.24, 2.45) is 5.41 Å². The number of benzene rings is 1. The number of nitrogens with one attached hydrogen (secondary N) is 1. The Balaban J connectivity index is 1.92. The first-order valence-corrected chi connectivity index (χ1v) is 6.77. The molecule has 1 saturated carbocycles. The molecule has 0 radical (unpaired) electrons. The van der Waals surface area contributed by atoms with Gasteiger partial charge in [0, 0.05) is 17.6 Å². The molecule has 1 aromatic carbocycles. The van der Waals surface area contributed by atoms with Crippen LogP contribution in [0.5, 0.6) is 5.75 Å². The fraction of sp³-hybridized carbons (Fsp3) is 0.600. The first-order chi connectivity index (χ1) is 8.78. The van der Waals surface area contributed by atoms with Gasteiger partial charge in [0.05, 0.1) is 13.7 Å². The molecule has 1 aliphatic carbocycles. The summed E-state index contributed by atoms with van der Waals surface area (Å²) in [6, 6.07) is 7.95. The topological polar surface area (TPSA) is 41.5 Å². The second-order valence-electron chi connectivity index (χ2n) is 5.30. The molecule has 0 bridgehead atoms. The van der Waals surface area contributed by atoms with E-state index in [4.69, 9.17) is 4.74 Å². The number of ether oxygens (including phenoxy) is 1. The van der Waals surface area contributed by atoms with E-state index in [9.17, 15) is 5.11 Å². The Labute approximate surface area is 109 Å². The minimum atomic E-state index is 0.0815. The predicted octanol–water partition coefficient (Wildman–Crippen LogP) is 3.05. The van der Waals surface area contributed by atoms with Gasteiger partial charge in [-0.1, -0.05) is 19.3 Å². The first-order valence-electron chi connectivity index (χ1n) is 6.77.